The van der Waals surface area contributed by atoms with Gasteiger partial charge in [0.2, 0.25) is 5.91 Å². The first kappa shape index (κ1) is 17.9. The molecule has 1 aliphatic heterocycles. The quantitative estimate of drug-likeness (QED) is 0.428. The molecule has 0 radical (unpaired) electrons. The van der Waals surface area contributed by atoms with Crippen LogP contribution in [0.4, 0.5) is 11.6 Å². The van der Waals surface area contributed by atoms with Crippen LogP contribution in [0.15, 0.2) is 29.3 Å². The second kappa shape index (κ2) is 7.00. The van der Waals surface area contributed by atoms with E-state index in [-0.39, 0.29) is 18.2 Å². The van der Waals surface area contributed by atoms with Gasteiger partial charge in [-0.25, -0.2) is 4.98 Å². The number of aromatic nitrogens is 3. The predicted molar refractivity (Wildman–Crippen MR) is 112 cm³/mol. The van der Waals surface area contributed by atoms with Crippen LogP contribution in [0.5, 0.6) is 0 Å². The third-order valence-electron chi connectivity index (χ3n) is 4.88. The number of imide groups is 1. The maximum absolute atomic E-state index is 11.9. The van der Waals surface area contributed by atoms with Crippen molar-refractivity contribution in [3.05, 3.63) is 45.3 Å². The summed E-state index contributed by atoms with van der Waals surface area (Å²) < 4.78 is 1.75. The van der Waals surface area contributed by atoms with E-state index in [0.29, 0.717) is 29.4 Å². The highest BCUT2D eigenvalue weighted by Crippen LogP contribution is 2.28. The number of nitrogens with zero attached hydrogens (tertiary/aromatic N) is 3. The third-order valence-corrected chi connectivity index (χ3v) is 5.94. The van der Waals surface area contributed by atoms with Crippen molar-refractivity contribution in [3.63, 3.8) is 0 Å². The molecule has 8 nitrogen and oxygen atoms in total. The molecule has 3 N–H and O–H groups in total. The minimum atomic E-state index is -0.354. The summed E-state index contributed by atoms with van der Waals surface area (Å²) in [6.07, 6.45) is 5.74. The smallest absolute Gasteiger partial charge is 0.254 e. The first-order valence-electron chi connectivity index (χ1n) is 9.53. The normalized spacial score (nSPS) is 17.9. The monoisotopic (exact) mass is 408 g/mol. The van der Waals surface area contributed by atoms with Crippen LogP contribution in [-0.2, 0) is 16.1 Å². The molecule has 9 heteroatoms. The lowest BCUT2D eigenvalue weighted by molar-refractivity contribution is -0.124. The van der Waals surface area contributed by atoms with Gasteiger partial charge in [-0.3, -0.25) is 14.9 Å². The molecule has 2 aliphatic rings. The van der Waals surface area contributed by atoms with Crippen LogP contribution in [0.3, 0.4) is 0 Å². The van der Waals surface area contributed by atoms with Crippen LogP contribution in [0.25, 0.3) is 11.7 Å². The minimum absolute atomic E-state index is 0.0824. The van der Waals surface area contributed by atoms with Crippen molar-refractivity contribution in [1.29, 1.82) is 0 Å². The number of fused-ring (bicyclic) bond motifs is 1. The molecule has 1 saturated heterocycles. The molecule has 3 aromatic heterocycles. The molecule has 3 aromatic rings. The molecule has 29 heavy (non-hydrogen) atoms. The Morgan fingerprint density at radius 2 is 2.21 bits per heavy atom. The van der Waals surface area contributed by atoms with E-state index < -0.39 is 0 Å². The largest absolute Gasteiger partial charge is 0.367 e. The van der Waals surface area contributed by atoms with E-state index in [4.69, 9.17) is 4.98 Å². The molecule has 2 fully saturated rings. The van der Waals surface area contributed by atoms with Crippen LogP contribution >= 0.6 is 11.3 Å². The summed E-state index contributed by atoms with van der Waals surface area (Å²) in [7, 11) is 0. The molecule has 0 atom stereocenters. The Morgan fingerprint density at radius 1 is 1.34 bits per heavy atom. The molecule has 0 unspecified atom stereocenters. The average molecular weight is 408 g/mol. The Morgan fingerprint density at radius 3 is 2.90 bits per heavy atom. The van der Waals surface area contributed by atoms with Gasteiger partial charge in [0.25, 0.3) is 5.91 Å². The van der Waals surface area contributed by atoms with Crippen LogP contribution in [0.1, 0.15) is 35.3 Å². The fourth-order valence-corrected chi connectivity index (χ4v) is 4.10. The third kappa shape index (κ3) is 3.73. The summed E-state index contributed by atoms with van der Waals surface area (Å²) in [6, 6.07) is 4.57. The van der Waals surface area contributed by atoms with Crippen LogP contribution in [0, 0.1) is 6.92 Å². The highest BCUT2D eigenvalue weighted by molar-refractivity contribution is 7.10. The highest BCUT2D eigenvalue weighted by Gasteiger charge is 2.25. The Bertz CT molecular complexity index is 1160. The number of aryl methyl sites for hydroxylation is 1. The SMILES string of the molecule is Cc1csc(CNc2cc(NC3CC3)n3ncc(/C=C4\CC(=O)NC4=O)c3n2)c1. The van der Waals surface area contributed by atoms with E-state index in [1.54, 1.807) is 28.1 Å². The summed E-state index contributed by atoms with van der Waals surface area (Å²) in [5.41, 5.74) is 3.02. The zero-order chi connectivity index (χ0) is 20.0. The minimum Gasteiger partial charge on any atom is -0.367 e. The van der Waals surface area contributed by atoms with E-state index in [1.807, 2.05) is 6.07 Å². The predicted octanol–water partition coefficient (Wildman–Crippen LogP) is 2.72. The standard InChI is InChI=1S/C20H20N6O2S/c1-11-4-15(29-10-11)9-21-16-7-17(23-14-2-3-14)26-19(24-16)13(8-22-26)5-12-6-18(27)25-20(12)28/h4-5,7-8,10,14,23H,2-3,6,9H2,1H3,(H,21,24)(H,25,27,28)/b12-5+. The lowest BCUT2D eigenvalue weighted by Crippen LogP contribution is -2.19. The average Bonchev–Trinajstić information content (AvgIpc) is 3.10. The lowest BCUT2D eigenvalue weighted by Gasteiger charge is -2.11. The van der Waals surface area contributed by atoms with Gasteiger partial charge in [-0.05, 0) is 42.9 Å². The topological polar surface area (TPSA) is 100 Å². The van der Waals surface area contributed by atoms with Crippen molar-refractivity contribution in [2.24, 2.45) is 0 Å². The van der Waals surface area contributed by atoms with Crippen molar-refractivity contribution in [2.45, 2.75) is 38.8 Å². The summed E-state index contributed by atoms with van der Waals surface area (Å²) in [6.45, 7) is 2.77. The number of anilines is 2. The highest BCUT2D eigenvalue weighted by atomic mass is 32.1. The molecule has 1 aliphatic carbocycles. The summed E-state index contributed by atoms with van der Waals surface area (Å²) in [5.74, 6) is 0.959. The zero-order valence-electron chi connectivity index (χ0n) is 15.9. The molecular weight excluding hydrogens is 388 g/mol. The molecule has 1 saturated carbocycles. The number of amides is 2. The van der Waals surface area contributed by atoms with E-state index in [1.165, 1.54) is 10.4 Å². The number of thiophene rings is 1. The molecule has 0 spiro atoms. The van der Waals surface area contributed by atoms with Gasteiger partial charge in [-0.1, -0.05) is 0 Å². The molecule has 2 amide bonds. The molecule has 148 valence electrons. The van der Waals surface area contributed by atoms with Crippen molar-refractivity contribution < 1.29 is 9.59 Å². The zero-order valence-corrected chi connectivity index (χ0v) is 16.7. The molecule has 0 bridgehead atoms. The Hall–Kier alpha value is -3.20. The van der Waals surface area contributed by atoms with Crippen molar-refractivity contribution in [1.82, 2.24) is 19.9 Å². The van der Waals surface area contributed by atoms with Gasteiger partial charge in [-0.2, -0.15) is 9.61 Å². The van der Waals surface area contributed by atoms with Crippen molar-refractivity contribution >= 4 is 46.5 Å². The number of hydrogen-bond donors (Lipinski definition) is 3. The Kier molecular flexibility index (Phi) is 4.31. The Labute approximate surface area is 171 Å². The number of carbonyl (C=O) groups excluding carboxylic acids is 2. The molecule has 0 aromatic carbocycles. The van der Waals surface area contributed by atoms with Gasteiger partial charge in [0.15, 0.2) is 5.65 Å². The second-order valence-corrected chi connectivity index (χ2v) is 8.44. The number of carbonyl (C=O) groups is 2. The Balaban J connectivity index is 1.50. The van der Waals surface area contributed by atoms with Gasteiger partial charge in [0, 0.05) is 28.1 Å². The molecule has 5 rings (SSSR count). The van der Waals surface area contributed by atoms with Gasteiger partial charge in [-0.15, -0.1) is 11.3 Å². The van der Waals surface area contributed by atoms with Gasteiger partial charge in [0.05, 0.1) is 19.2 Å². The molecule has 4 heterocycles. The number of rotatable bonds is 6. The van der Waals surface area contributed by atoms with Crippen LogP contribution in [0.2, 0.25) is 0 Å². The maximum Gasteiger partial charge on any atom is 0.254 e. The van der Waals surface area contributed by atoms with E-state index in [9.17, 15) is 9.59 Å². The van der Waals surface area contributed by atoms with E-state index >= 15 is 0 Å². The first-order valence-corrected chi connectivity index (χ1v) is 10.4. The first-order chi connectivity index (χ1) is 14.0. The fraction of sp³-hybridized carbons (Fsp3) is 0.300. The summed E-state index contributed by atoms with van der Waals surface area (Å²) >= 11 is 1.71. The van der Waals surface area contributed by atoms with E-state index in [0.717, 1.165) is 24.5 Å². The fourth-order valence-electron chi connectivity index (χ4n) is 3.28. The van der Waals surface area contributed by atoms with Gasteiger partial charge < -0.3 is 10.6 Å². The molecular formula is C20H20N6O2S. The second-order valence-electron chi connectivity index (χ2n) is 7.45. The van der Waals surface area contributed by atoms with E-state index in [2.05, 4.69) is 39.4 Å². The number of hydrogen-bond acceptors (Lipinski definition) is 7. The van der Waals surface area contributed by atoms with Crippen molar-refractivity contribution in [2.75, 3.05) is 10.6 Å². The summed E-state index contributed by atoms with van der Waals surface area (Å²) in [4.78, 5) is 29.4. The van der Waals surface area contributed by atoms with Gasteiger partial charge in [0.1, 0.15) is 11.6 Å². The van der Waals surface area contributed by atoms with Gasteiger partial charge >= 0.3 is 0 Å². The summed E-state index contributed by atoms with van der Waals surface area (Å²) in [5, 5.41) is 15.8. The lowest BCUT2D eigenvalue weighted by atomic mass is 10.1. The van der Waals surface area contributed by atoms with Crippen LogP contribution in [-0.4, -0.2) is 32.5 Å². The van der Waals surface area contributed by atoms with Crippen LogP contribution < -0.4 is 16.0 Å². The maximum atomic E-state index is 11.9. The number of nitrogens with one attached hydrogen (secondary N) is 3. The van der Waals surface area contributed by atoms with Crippen molar-refractivity contribution in [3.8, 4) is 0 Å².